The van der Waals surface area contributed by atoms with Crippen molar-refractivity contribution in [2.75, 3.05) is 0 Å². The summed E-state index contributed by atoms with van der Waals surface area (Å²) in [6.07, 6.45) is 5.66. The van der Waals surface area contributed by atoms with Gasteiger partial charge in [0.15, 0.2) is 0 Å². The molecule has 7 rings (SSSR count). The van der Waals surface area contributed by atoms with Crippen LogP contribution in [0.1, 0.15) is 71.6 Å². The van der Waals surface area contributed by atoms with Gasteiger partial charge in [0.1, 0.15) is 23.0 Å². The Kier molecular flexibility index (Phi) is 12.2. The molecule has 0 saturated heterocycles. The molecule has 0 radical (unpaired) electrons. The van der Waals surface area contributed by atoms with E-state index in [1.807, 2.05) is 26.0 Å². The van der Waals surface area contributed by atoms with Gasteiger partial charge in [-0.3, -0.25) is 9.97 Å². The molecule has 0 aliphatic heterocycles. The number of pyridine rings is 2. The van der Waals surface area contributed by atoms with Crippen molar-refractivity contribution in [3.8, 4) is 46.7 Å². The standard InChI is InChI=1S/C20H17FN4O.C17H11BrFN3O.ClH/c1-13(23-17-8-9-17)20-24-19(25-26-20)18-10-7-15(12-22-18)6-5-14-3-2-4-16(21)11-14;1-11(18)17-21-16(22-23-17)15-8-7-13(10-20-15)6-5-12-3-2-4-14(19)9-12;/h2-4,7,10-13,17,23H,8-9H2,1H3;2-4,7-11H,1H3;1H. The van der Waals surface area contributed by atoms with Crippen LogP contribution in [-0.2, 0) is 0 Å². The van der Waals surface area contributed by atoms with Crippen LogP contribution in [0.3, 0.4) is 0 Å². The maximum absolute atomic E-state index is 13.2. The summed E-state index contributed by atoms with van der Waals surface area (Å²) in [5, 5.41) is 11.3. The highest BCUT2D eigenvalue weighted by molar-refractivity contribution is 9.09. The van der Waals surface area contributed by atoms with Crippen molar-refractivity contribution in [1.29, 1.82) is 0 Å². The van der Waals surface area contributed by atoms with Crippen LogP contribution < -0.4 is 5.32 Å². The molecule has 0 bridgehead atoms. The molecule has 1 saturated carbocycles. The summed E-state index contributed by atoms with van der Waals surface area (Å²) in [6.45, 7) is 3.91. The molecule has 4 heterocycles. The summed E-state index contributed by atoms with van der Waals surface area (Å²) in [5.74, 6) is 13.0. The van der Waals surface area contributed by atoms with E-state index in [1.165, 1.54) is 37.1 Å². The third-order valence-electron chi connectivity index (χ3n) is 6.99. The molecule has 2 aromatic carbocycles. The summed E-state index contributed by atoms with van der Waals surface area (Å²) in [4.78, 5) is 17.3. The predicted octanol–water partition coefficient (Wildman–Crippen LogP) is 8.03. The molecule has 6 aromatic rings. The van der Waals surface area contributed by atoms with E-state index in [9.17, 15) is 8.78 Å². The van der Waals surface area contributed by atoms with Crippen LogP contribution in [-0.4, -0.2) is 36.3 Å². The second kappa shape index (κ2) is 16.9. The summed E-state index contributed by atoms with van der Waals surface area (Å²) >= 11 is 3.37. The van der Waals surface area contributed by atoms with Crippen LogP contribution in [0.2, 0.25) is 0 Å². The zero-order valence-corrected chi connectivity index (χ0v) is 29.2. The van der Waals surface area contributed by atoms with E-state index in [4.69, 9.17) is 9.05 Å². The van der Waals surface area contributed by atoms with Crippen LogP contribution >= 0.6 is 28.3 Å². The SMILES string of the molecule is CC(Br)c1nc(-c2ccc(C#Cc3cccc(F)c3)cn2)no1.CC(NC1CC1)c1nc(-c2ccc(C#Cc3cccc(F)c3)cn2)no1.Cl. The average Bonchev–Trinajstić information content (AvgIpc) is 3.54. The Labute approximate surface area is 301 Å². The van der Waals surface area contributed by atoms with E-state index in [-0.39, 0.29) is 34.9 Å². The Bertz CT molecular complexity index is 2160. The molecule has 9 nitrogen and oxygen atoms in total. The molecule has 1 fully saturated rings. The van der Waals surface area contributed by atoms with Crippen LogP contribution in [0.25, 0.3) is 23.0 Å². The van der Waals surface area contributed by atoms with E-state index >= 15 is 0 Å². The first-order valence-corrected chi connectivity index (χ1v) is 16.3. The number of benzene rings is 2. The number of rotatable bonds is 6. The molecule has 1 aliphatic rings. The van der Waals surface area contributed by atoms with Gasteiger partial charge in [0.25, 0.3) is 0 Å². The van der Waals surface area contributed by atoms with E-state index < -0.39 is 0 Å². The number of alkyl halides is 1. The van der Waals surface area contributed by atoms with Crippen LogP contribution in [0.15, 0.2) is 94.2 Å². The van der Waals surface area contributed by atoms with Gasteiger partial charge in [-0.15, -0.1) is 12.4 Å². The van der Waals surface area contributed by atoms with Crippen LogP contribution in [0.5, 0.6) is 0 Å². The lowest BCUT2D eigenvalue weighted by Gasteiger charge is -2.06. The Morgan fingerprint density at radius 3 is 1.60 bits per heavy atom. The van der Waals surface area contributed by atoms with Crippen molar-refractivity contribution in [3.05, 3.63) is 131 Å². The lowest BCUT2D eigenvalue weighted by molar-refractivity contribution is 0.338. The first-order valence-electron chi connectivity index (χ1n) is 15.3. The highest BCUT2D eigenvalue weighted by atomic mass is 79.9. The highest BCUT2D eigenvalue weighted by Gasteiger charge is 2.26. The maximum atomic E-state index is 13.2. The minimum atomic E-state index is -0.306. The molecular formula is C37H29BrClF2N7O2. The van der Waals surface area contributed by atoms with Crippen molar-refractivity contribution in [1.82, 2.24) is 35.6 Å². The van der Waals surface area contributed by atoms with E-state index in [2.05, 4.69) is 75.2 Å². The van der Waals surface area contributed by atoms with Gasteiger partial charge in [-0.05, 0) is 87.4 Å². The monoisotopic (exact) mass is 755 g/mol. The third-order valence-corrected chi connectivity index (χ3v) is 7.39. The van der Waals surface area contributed by atoms with Gasteiger partial charge >= 0.3 is 0 Å². The van der Waals surface area contributed by atoms with Crippen molar-refractivity contribution in [2.45, 2.75) is 43.6 Å². The predicted molar refractivity (Wildman–Crippen MR) is 189 cm³/mol. The number of hydrogen-bond donors (Lipinski definition) is 1. The molecule has 1 aliphatic carbocycles. The Morgan fingerprint density at radius 1 is 0.700 bits per heavy atom. The summed E-state index contributed by atoms with van der Waals surface area (Å²) in [5.41, 5.74) is 3.90. The fourth-order valence-corrected chi connectivity index (χ4v) is 4.50. The number of hydrogen-bond acceptors (Lipinski definition) is 9. The fraction of sp³-hybridized carbons (Fsp3) is 0.189. The maximum Gasteiger partial charge on any atom is 0.243 e. The molecular weight excluding hydrogens is 728 g/mol. The van der Waals surface area contributed by atoms with Gasteiger partial charge in [-0.2, -0.15) is 9.97 Å². The molecule has 0 amide bonds. The van der Waals surface area contributed by atoms with Gasteiger partial charge in [0, 0.05) is 40.7 Å². The van der Waals surface area contributed by atoms with Gasteiger partial charge in [-0.1, -0.05) is 62.1 Å². The summed E-state index contributed by atoms with van der Waals surface area (Å²) in [6, 6.07) is 20.1. The quantitative estimate of drug-likeness (QED) is 0.133. The highest BCUT2D eigenvalue weighted by Crippen LogP contribution is 2.25. The molecule has 2 unspecified atom stereocenters. The smallest absolute Gasteiger partial charge is 0.243 e. The fourth-order valence-electron chi connectivity index (χ4n) is 4.31. The summed E-state index contributed by atoms with van der Waals surface area (Å²) < 4.78 is 36.7. The molecule has 2 atom stereocenters. The molecule has 0 spiro atoms. The number of aromatic nitrogens is 6. The van der Waals surface area contributed by atoms with Gasteiger partial charge in [0.2, 0.25) is 23.4 Å². The number of halogens is 4. The van der Waals surface area contributed by atoms with Crippen molar-refractivity contribution in [2.24, 2.45) is 0 Å². The van der Waals surface area contributed by atoms with Gasteiger partial charge in [-0.25, -0.2) is 8.78 Å². The Balaban J connectivity index is 0.000000192. The van der Waals surface area contributed by atoms with Crippen molar-refractivity contribution in [3.63, 3.8) is 0 Å². The first-order chi connectivity index (χ1) is 23.8. The second-order valence-corrected chi connectivity index (χ2v) is 12.4. The lowest BCUT2D eigenvalue weighted by atomic mass is 10.2. The van der Waals surface area contributed by atoms with E-state index in [0.29, 0.717) is 52.0 Å². The van der Waals surface area contributed by atoms with E-state index in [1.54, 1.807) is 48.8 Å². The average molecular weight is 757 g/mol. The molecule has 1 N–H and O–H groups in total. The van der Waals surface area contributed by atoms with E-state index in [0.717, 1.165) is 11.1 Å². The Morgan fingerprint density at radius 2 is 1.18 bits per heavy atom. The number of nitrogens with one attached hydrogen (secondary N) is 1. The molecule has 50 heavy (non-hydrogen) atoms. The topological polar surface area (TPSA) is 116 Å². The largest absolute Gasteiger partial charge is 0.338 e. The minimum Gasteiger partial charge on any atom is -0.338 e. The Hall–Kier alpha value is -5.27. The van der Waals surface area contributed by atoms with Crippen LogP contribution in [0.4, 0.5) is 8.78 Å². The first kappa shape index (κ1) is 36.0. The molecule has 4 aromatic heterocycles. The van der Waals surface area contributed by atoms with Crippen molar-refractivity contribution < 1.29 is 17.8 Å². The normalized spacial score (nSPS) is 12.9. The van der Waals surface area contributed by atoms with Gasteiger partial charge in [0.05, 0.1) is 10.9 Å². The zero-order valence-electron chi connectivity index (χ0n) is 26.8. The number of nitrogens with zero attached hydrogens (tertiary/aromatic N) is 6. The van der Waals surface area contributed by atoms with Gasteiger partial charge < -0.3 is 14.4 Å². The zero-order chi connectivity index (χ0) is 34.2. The molecule has 252 valence electrons. The third kappa shape index (κ3) is 10.1. The summed E-state index contributed by atoms with van der Waals surface area (Å²) in [7, 11) is 0. The van der Waals surface area contributed by atoms with Crippen molar-refractivity contribution >= 4 is 28.3 Å². The van der Waals surface area contributed by atoms with Crippen LogP contribution in [0, 0.1) is 35.3 Å². The second-order valence-electron chi connectivity index (χ2n) is 11.1. The lowest BCUT2D eigenvalue weighted by Crippen LogP contribution is -2.20. The minimum absolute atomic E-state index is 0. The molecule has 13 heteroatoms.